The van der Waals surface area contributed by atoms with Crippen molar-refractivity contribution < 1.29 is 0 Å². The van der Waals surface area contributed by atoms with Crippen LogP contribution in [0.1, 0.15) is 22.6 Å². The molecule has 1 aliphatic rings. The van der Waals surface area contributed by atoms with E-state index >= 15 is 0 Å². The van der Waals surface area contributed by atoms with Crippen LogP contribution < -0.4 is 0 Å². The minimum atomic E-state index is 0.351. The quantitative estimate of drug-likeness (QED) is 0.161. The van der Waals surface area contributed by atoms with Crippen LogP contribution in [0.25, 0.3) is 88.4 Å². The van der Waals surface area contributed by atoms with Crippen LogP contribution in [0.5, 0.6) is 0 Å². The van der Waals surface area contributed by atoms with E-state index in [1.54, 1.807) is 0 Å². The first kappa shape index (κ1) is 32.8. The average molecular weight is 739 g/mol. The zero-order valence-electron chi connectivity index (χ0n) is 31.9. The minimum absolute atomic E-state index is 0.351. The third-order valence-corrected chi connectivity index (χ3v) is 12.5. The average Bonchev–Trinajstić information content (AvgIpc) is 3.92. The van der Waals surface area contributed by atoms with Gasteiger partial charge in [0.15, 0.2) is 0 Å². The molecule has 0 unspecified atom stereocenters. The standard InChI is InChI=1S/C56H38N2/c1-2-13-38(14-3-1)41-28-32-56-52(36-41)49-22-9-10-23-53(49)57(56)42-29-26-39(27-30-42)40-15-12-16-43(35-40)58-54-24-11-8-21-48(54)51-34-37(25-31-55(51)58)33-50-46-19-6-4-17-44(46)45-18-5-7-20-47(45)50/h1-32,34-36,50H,33H2. The van der Waals surface area contributed by atoms with Crippen molar-refractivity contribution >= 4 is 43.6 Å². The van der Waals surface area contributed by atoms with Gasteiger partial charge in [-0.3, -0.25) is 0 Å². The van der Waals surface area contributed by atoms with Crippen LogP contribution in [0.4, 0.5) is 0 Å². The molecule has 0 saturated carbocycles. The topological polar surface area (TPSA) is 9.86 Å². The predicted molar refractivity (Wildman–Crippen MR) is 243 cm³/mol. The van der Waals surface area contributed by atoms with Crippen LogP contribution >= 0.6 is 0 Å². The molecule has 2 heterocycles. The van der Waals surface area contributed by atoms with Crippen molar-refractivity contribution in [1.82, 2.24) is 9.13 Å². The summed E-state index contributed by atoms with van der Waals surface area (Å²) in [5.41, 5.74) is 19.0. The van der Waals surface area contributed by atoms with Gasteiger partial charge in [-0.05, 0) is 117 Å². The Hall–Kier alpha value is -7.42. The summed E-state index contributed by atoms with van der Waals surface area (Å²) in [6.07, 6.45) is 0.971. The molecule has 0 N–H and O–H groups in total. The van der Waals surface area contributed by atoms with E-state index in [2.05, 4.69) is 221 Å². The van der Waals surface area contributed by atoms with Crippen LogP contribution in [0, 0.1) is 0 Å². The molecule has 0 spiro atoms. The molecule has 2 nitrogen and oxygen atoms in total. The van der Waals surface area contributed by atoms with Gasteiger partial charge in [0.05, 0.1) is 22.1 Å². The van der Waals surface area contributed by atoms with Crippen LogP contribution in [-0.4, -0.2) is 9.13 Å². The summed E-state index contributed by atoms with van der Waals surface area (Å²) in [6, 6.07) is 78.2. The molecule has 0 aliphatic heterocycles. The maximum absolute atomic E-state index is 2.44. The summed E-state index contributed by atoms with van der Waals surface area (Å²) < 4.78 is 4.84. The van der Waals surface area contributed by atoms with Crippen molar-refractivity contribution in [2.24, 2.45) is 0 Å². The van der Waals surface area contributed by atoms with Gasteiger partial charge in [-0.25, -0.2) is 0 Å². The van der Waals surface area contributed by atoms with E-state index in [9.17, 15) is 0 Å². The zero-order chi connectivity index (χ0) is 38.2. The lowest BCUT2D eigenvalue weighted by Crippen LogP contribution is -2.01. The van der Waals surface area contributed by atoms with E-state index in [1.807, 2.05) is 0 Å². The molecule has 0 amide bonds. The Morgan fingerprint density at radius 1 is 0.310 bits per heavy atom. The molecule has 11 aromatic rings. The molecular formula is C56H38N2. The number of aromatic nitrogens is 2. The summed E-state index contributed by atoms with van der Waals surface area (Å²) in [5.74, 6) is 0.351. The first-order valence-electron chi connectivity index (χ1n) is 20.3. The van der Waals surface area contributed by atoms with Gasteiger partial charge in [0, 0.05) is 38.8 Å². The Morgan fingerprint density at radius 3 is 1.52 bits per heavy atom. The lowest BCUT2D eigenvalue weighted by atomic mass is 9.89. The van der Waals surface area contributed by atoms with Crippen LogP contribution in [0.3, 0.4) is 0 Å². The van der Waals surface area contributed by atoms with Gasteiger partial charge < -0.3 is 9.13 Å². The van der Waals surface area contributed by atoms with Crippen LogP contribution in [-0.2, 0) is 6.42 Å². The summed E-state index contributed by atoms with van der Waals surface area (Å²) in [6.45, 7) is 0. The fourth-order valence-electron chi connectivity index (χ4n) is 9.83. The maximum Gasteiger partial charge on any atom is 0.0541 e. The molecule has 9 aromatic carbocycles. The second-order valence-corrected chi connectivity index (χ2v) is 15.7. The van der Waals surface area contributed by atoms with E-state index in [0.29, 0.717) is 5.92 Å². The summed E-state index contributed by atoms with van der Waals surface area (Å²) >= 11 is 0. The number of fused-ring (bicyclic) bond motifs is 9. The van der Waals surface area contributed by atoms with Crippen LogP contribution in [0.2, 0.25) is 0 Å². The highest BCUT2D eigenvalue weighted by Gasteiger charge is 2.28. The van der Waals surface area contributed by atoms with Crippen molar-refractivity contribution in [1.29, 1.82) is 0 Å². The number of rotatable bonds is 6. The Kier molecular flexibility index (Phi) is 7.39. The van der Waals surface area contributed by atoms with E-state index < -0.39 is 0 Å². The zero-order valence-corrected chi connectivity index (χ0v) is 31.9. The Labute approximate surface area is 337 Å². The predicted octanol–water partition coefficient (Wildman–Crippen LogP) is 14.6. The van der Waals surface area contributed by atoms with Crippen molar-refractivity contribution in [2.45, 2.75) is 12.3 Å². The highest BCUT2D eigenvalue weighted by atomic mass is 15.0. The highest BCUT2D eigenvalue weighted by molar-refractivity contribution is 6.11. The molecule has 2 aromatic heterocycles. The summed E-state index contributed by atoms with van der Waals surface area (Å²) in [4.78, 5) is 0. The molecule has 2 heteroatoms. The number of hydrogen-bond acceptors (Lipinski definition) is 0. The van der Waals surface area contributed by atoms with Gasteiger partial charge in [-0.15, -0.1) is 0 Å². The SMILES string of the molecule is c1ccc(-c2ccc3c(c2)c2ccccc2n3-c2ccc(-c3cccc(-n4c5ccccc5c5cc(CC6c7ccccc7-c7ccccc76)ccc54)c3)cc2)cc1. The molecule has 0 radical (unpaired) electrons. The van der Waals surface area contributed by atoms with Crippen molar-refractivity contribution in [3.8, 4) is 44.8 Å². The van der Waals surface area contributed by atoms with Crippen LogP contribution in [0.15, 0.2) is 212 Å². The highest BCUT2D eigenvalue weighted by Crippen LogP contribution is 2.46. The molecule has 0 atom stereocenters. The Morgan fingerprint density at radius 2 is 0.810 bits per heavy atom. The number of para-hydroxylation sites is 2. The molecule has 272 valence electrons. The van der Waals surface area contributed by atoms with E-state index in [4.69, 9.17) is 0 Å². The molecule has 0 saturated heterocycles. The molecule has 0 bridgehead atoms. The molecule has 1 aliphatic carbocycles. The summed E-state index contributed by atoms with van der Waals surface area (Å²) in [7, 11) is 0. The normalized spacial score (nSPS) is 12.5. The first-order chi connectivity index (χ1) is 28.8. The third-order valence-electron chi connectivity index (χ3n) is 12.5. The monoisotopic (exact) mass is 738 g/mol. The lowest BCUT2D eigenvalue weighted by molar-refractivity contribution is 0.828. The second kappa shape index (κ2) is 13.1. The minimum Gasteiger partial charge on any atom is -0.309 e. The number of benzene rings is 9. The Bertz CT molecular complexity index is 3320. The summed E-state index contributed by atoms with van der Waals surface area (Å²) in [5, 5.41) is 5.11. The molecule has 58 heavy (non-hydrogen) atoms. The van der Waals surface area contributed by atoms with Gasteiger partial charge >= 0.3 is 0 Å². The fraction of sp³-hybridized carbons (Fsp3) is 0.0357. The smallest absolute Gasteiger partial charge is 0.0541 e. The van der Waals surface area contributed by atoms with Crippen molar-refractivity contribution in [3.05, 3.63) is 229 Å². The number of hydrogen-bond donors (Lipinski definition) is 0. The maximum atomic E-state index is 2.44. The lowest BCUT2D eigenvalue weighted by Gasteiger charge is -2.14. The van der Waals surface area contributed by atoms with Gasteiger partial charge in [0.1, 0.15) is 0 Å². The van der Waals surface area contributed by atoms with E-state index in [1.165, 1.54) is 93.7 Å². The fourth-order valence-corrected chi connectivity index (χ4v) is 9.83. The van der Waals surface area contributed by atoms with Gasteiger partial charge in [0.2, 0.25) is 0 Å². The third kappa shape index (κ3) is 5.12. The largest absolute Gasteiger partial charge is 0.309 e. The van der Waals surface area contributed by atoms with E-state index in [0.717, 1.165) is 17.8 Å². The van der Waals surface area contributed by atoms with Gasteiger partial charge in [0.25, 0.3) is 0 Å². The molecular weight excluding hydrogens is 701 g/mol. The van der Waals surface area contributed by atoms with Gasteiger partial charge in [-0.2, -0.15) is 0 Å². The number of nitrogens with zero attached hydrogens (tertiary/aromatic N) is 2. The van der Waals surface area contributed by atoms with Crippen molar-refractivity contribution in [3.63, 3.8) is 0 Å². The second-order valence-electron chi connectivity index (χ2n) is 15.7. The van der Waals surface area contributed by atoms with Gasteiger partial charge in [-0.1, -0.05) is 152 Å². The molecule has 12 rings (SSSR count). The Balaban J connectivity index is 0.907. The molecule has 0 fully saturated rings. The first-order valence-corrected chi connectivity index (χ1v) is 20.3. The van der Waals surface area contributed by atoms with Crippen molar-refractivity contribution in [2.75, 3.05) is 0 Å². The van der Waals surface area contributed by atoms with E-state index in [-0.39, 0.29) is 0 Å².